The van der Waals surface area contributed by atoms with Crippen molar-refractivity contribution in [2.24, 2.45) is 0 Å². The number of amides is 1. The van der Waals surface area contributed by atoms with E-state index in [1.165, 1.54) is 0 Å². The van der Waals surface area contributed by atoms with Crippen molar-refractivity contribution in [1.82, 2.24) is 0 Å². The van der Waals surface area contributed by atoms with E-state index < -0.39 is 11.3 Å². The van der Waals surface area contributed by atoms with Crippen LogP contribution in [-0.4, -0.2) is 38.7 Å². The third kappa shape index (κ3) is 3.54. The van der Waals surface area contributed by atoms with Crippen LogP contribution < -0.4 is 15.0 Å². The number of Topliss-reactive ketones (excluding diaryl/α,β-unsaturated/α-hetero) is 2. The molecule has 1 amide bonds. The lowest BCUT2D eigenvalue weighted by atomic mass is 9.73. The molecule has 0 atom stereocenters. The second-order valence-corrected chi connectivity index (χ2v) is 8.00. The van der Waals surface area contributed by atoms with Crippen molar-refractivity contribution in [3.05, 3.63) is 89.5 Å². The molecule has 1 aliphatic carbocycles. The number of fused-ring (bicyclic) bond motifs is 1. The van der Waals surface area contributed by atoms with Crippen LogP contribution in [0.25, 0.3) is 0 Å². The Hall–Kier alpha value is -3.93. The van der Waals surface area contributed by atoms with Crippen molar-refractivity contribution in [3.63, 3.8) is 0 Å². The predicted octanol–water partition coefficient (Wildman–Crippen LogP) is 4.11. The highest BCUT2D eigenvalue weighted by Crippen LogP contribution is 2.43. The summed E-state index contributed by atoms with van der Waals surface area (Å²) in [5, 5.41) is 2.80. The van der Waals surface area contributed by atoms with Crippen LogP contribution >= 0.6 is 0 Å². The summed E-state index contributed by atoms with van der Waals surface area (Å²) < 4.78 is 5.14. The first kappa shape index (κ1) is 21.3. The molecule has 0 fully saturated rings. The van der Waals surface area contributed by atoms with Gasteiger partial charge in [0.25, 0.3) is 0 Å². The smallest absolute Gasteiger partial charge is 0.226 e. The van der Waals surface area contributed by atoms with Gasteiger partial charge in [-0.15, -0.1) is 0 Å². The maximum atomic E-state index is 13.6. The highest BCUT2D eigenvalue weighted by atomic mass is 16.5. The Kier molecular flexibility index (Phi) is 5.53. The average molecular weight is 428 g/mol. The molecule has 0 saturated heterocycles. The zero-order valence-electron chi connectivity index (χ0n) is 18.2. The molecular weight excluding hydrogens is 404 g/mol. The summed E-state index contributed by atoms with van der Waals surface area (Å²) in [4.78, 5) is 42.2. The van der Waals surface area contributed by atoms with E-state index in [0.717, 1.165) is 5.69 Å². The van der Waals surface area contributed by atoms with Crippen LogP contribution in [0, 0.1) is 0 Å². The van der Waals surface area contributed by atoms with Crippen LogP contribution in [0.1, 0.15) is 32.7 Å². The van der Waals surface area contributed by atoms with E-state index in [9.17, 15) is 14.4 Å². The lowest BCUT2D eigenvalue weighted by molar-refractivity contribution is -0.116. The molecule has 1 N–H and O–H groups in total. The van der Waals surface area contributed by atoms with E-state index in [0.29, 0.717) is 28.1 Å². The fourth-order valence-corrected chi connectivity index (χ4v) is 4.13. The Balaban J connectivity index is 1.72. The highest BCUT2D eigenvalue weighted by molar-refractivity contribution is 6.34. The molecule has 0 saturated carbocycles. The van der Waals surface area contributed by atoms with Crippen molar-refractivity contribution >= 4 is 28.8 Å². The van der Waals surface area contributed by atoms with Crippen LogP contribution in [0.4, 0.5) is 11.4 Å². The van der Waals surface area contributed by atoms with Crippen LogP contribution in [0.15, 0.2) is 72.8 Å². The minimum atomic E-state index is -1.59. The third-order valence-electron chi connectivity index (χ3n) is 5.87. The maximum Gasteiger partial charge on any atom is 0.226 e. The topological polar surface area (TPSA) is 75.7 Å². The first-order chi connectivity index (χ1) is 15.4. The van der Waals surface area contributed by atoms with Crippen LogP contribution in [-0.2, 0) is 10.2 Å². The number of carbonyl (C=O) groups is 3. The zero-order chi connectivity index (χ0) is 22.9. The van der Waals surface area contributed by atoms with E-state index in [1.54, 1.807) is 67.8 Å². The molecule has 3 aromatic carbocycles. The number of benzene rings is 3. The minimum absolute atomic E-state index is 0.285. The number of ether oxygens (including phenoxy) is 1. The molecule has 0 unspecified atom stereocenters. The molecule has 0 bridgehead atoms. The number of hydrogen-bond acceptors (Lipinski definition) is 5. The number of carbonyl (C=O) groups excluding carboxylic acids is 3. The monoisotopic (exact) mass is 428 g/mol. The maximum absolute atomic E-state index is 13.6. The van der Waals surface area contributed by atoms with Crippen LogP contribution in [0.2, 0.25) is 0 Å². The molecule has 162 valence electrons. The Morgan fingerprint density at radius 1 is 0.875 bits per heavy atom. The van der Waals surface area contributed by atoms with E-state index in [4.69, 9.17) is 4.74 Å². The van der Waals surface area contributed by atoms with Crippen molar-refractivity contribution in [3.8, 4) is 5.75 Å². The number of hydrogen-bond donors (Lipinski definition) is 1. The summed E-state index contributed by atoms with van der Waals surface area (Å²) in [7, 11) is 5.39. The summed E-state index contributed by atoms with van der Waals surface area (Å²) in [6, 6.07) is 20.9. The first-order valence-corrected chi connectivity index (χ1v) is 10.3. The summed E-state index contributed by atoms with van der Waals surface area (Å²) in [6.07, 6.45) is -0.285. The molecule has 6 heteroatoms. The number of nitrogens with one attached hydrogen (secondary N) is 1. The van der Waals surface area contributed by atoms with Crippen LogP contribution in [0.3, 0.4) is 0 Å². The Bertz CT molecular complexity index is 1150. The molecule has 4 rings (SSSR count). The summed E-state index contributed by atoms with van der Waals surface area (Å²) in [5.74, 6) is -0.445. The van der Waals surface area contributed by atoms with E-state index in [1.807, 2.05) is 31.1 Å². The molecule has 1 aliphatic rings. The standard InChI is InChI=1S/C26H24N2O4/c1-28(2)19-12-8-17(9-13-19)26(24(30)21-6-4-5-7-22(21)25(26)31)16-23(29)27-18-10-14-20(32-3)15-11-18/h4-15H,16H2,1-3H3,(H,27,29). The number of nitrogens with zero attached hydrogens (tertiary/aromatic N) is 1. The van der Waals surface area contributed by atoms with E-state index >= 15 is 0 Å². The van der Waals surface area contributed by atoms with Gasteiger partial charge in [0, 0.05) is 36.6 Å². The average Bonchev–Trinajstić information content (AvgIpc) is 3.02. The fourth-order valence-electron chi connectivity index (χ4n) is 4.13. The van der Waals surface area contributed by atoms with Gasteiger partial charge in [-0.25, -0.2) is 0 Å². The molecule has 0 aromatic heterocycles. The van der Waals surface area contributed by atoms with E-state index in [-0.39, 0.29) is 18.0 Å². The van der Waals surface area contributed by atoms with Crippen molar-refractivity contribution in [2.45, 2.75) is 11.8 Å². The van der Waals surface area contributed by atoms with Gasteiger partial charge in [0.1, 0.15) is 11.2 Å². The molecule has 6 nitrogen and oxygen atoms in total. The lowest BCUT2D eigenvalue weighted by Crippen LogP contribution is -2.42. The van der Waals surface area contributed by atoms with Gasteiger partial charge < -0.3 is 15.0 Å². The zero-order valence-corrected chi connectivity index (χ0v) is 18.2. The van der Waals surface area contributed by atoms with Crippen molar-refractivity contribution in [2.75, 3.05) is 31.4 Å². The Morgan fingerprint density at radius 3 is 1.94 bits per heavy atom. The number of methoxy groups -OCH3 is 1. The second-order valence-electron chi connectivity index (χ2n) is 8.00. The summed E-state index contributed by atoms with van der Waals surface area (Å²) in [5.41, 5.74) is 1.12. The van der Waals surface area contributed by atoms with Gasteiger partial charge in [-0.2, -0.15) is 0 Å². The SMILES string of the molecule is COc1ccc(NC(=O)CC2(c3ccc(N(C)C)cc3)C(=O)c3ccccc3C2=O)cc1. The Labute approximate surface area is 186 Å². The first-order valence-electron chi connectivity index (χ1n) is 10.3. The number of anilines is 2. The Morgan fingerprint density at radius 2 is 1.44 bits per heavy atom. The predicted molar refractivity (Wildman–Crippen MR) is 124 cm³/mol. The van der Waals surface area contributed by atoms with Gasteiger partial charge in [-0.3, -0.25) is 14.4 Å². The van der Waals surface area contributed by atoms with Gasteiger partial charge in [-0.05, 0) is 42.0 Å². The molecule has 0 spiro atoms. The molecule has 0 radical (unpaired) electrons. The largest absolute Gasteiger partial charge is 0.497 e. The third-order valence-corrected chi connectivity index (χ3v) is 5.87. The molecular formula is C26H24N2O4. The van der Waals surface area contributed by atoms with E-state index in [2.05, 4.69) is 5.32 Å². The van der Waals surface area contributed by atoms with Gasteiger partial charge in [0.2, 0.25) is 5.91 Å². The molecule has 0 heterocycles. The van der Waals surface area contributed by atoms with Gasteiger partial charge >= 0.3 is 0 Å². The van der Waals surface area contributed by atoms with Crippen molar-refractivity contribution in [1.29, 1.82) is 0 Å². The summed E-state index contributed by atoms with van der Waals surface area (Å²) in [6.45, 7) is 0. The number of ketones is 2. The highest BCUT2D eigenvalue weighted by Gasteiger charge is 2.55. The normalized spacial score (nSPS) is 14.1. The van der Waals surface area contributed by atoms with Crippen molar-refractivity contribution < 1.29 is 19.1 Å². The minimum Gasteiger partial charge on any atom is -0.497 e. The number of rotatable bonds is 6. The van der Waals surface area contributed by atoms with Crippen LogP contribution in [0.5, 0.6) is 5.75 Å². The molecule has 0 aliphatic heterocycles. The van der Waals surface area contributed by atoms with Gasteiger partial charge in [0.05, 0.1) is 13.5 Å². The van der Waals surface area contributed by atoms with Gasteiger partial charge in [0.15, 0.2) is 11.6 Å². The quantitative estimate of drug-likeness (QED) is 0.598. The fraction of sp³-hybridized carbons (Fsp3) is 0.192. The molecule has 3 aromatic rings. The van der Waals surface area contributed by atoms with Gasteiger partial charge in [-0.1, -0.05) is 36.4 Å². The summed E-state index contributed by atoms with van der Waals surface area (Å²) >= 11 is 0. The lowest BCUT2D eigenvalue weighted by Gasteiger charge is -2.26. The second kappa shape index (κ2) is 8.30. The molecule has 32 heavy (non-hydrogen) atoms.